The second-order valence-corrected chi connectivity index (χ2v) is 7.45. The zero-order valence-electron chi connectivity index (χ0n) is 16.9. The molecule has 0 radical (unpaired) electrons. The van der Waals surface area contributed by atoms with Crippen molar-refractivity contribution in [3.63, 3.8) is 0 Å². The molecule has 2 aliphatic heterocycles. The number of hydrogen-bond donors (Lipinski definition) is 0. The van der Waals surface area contributed by atoms with Gasteiger partial charge in [-0.05, 0) is 29.3 Å². The Morgan fingerprint density at radius 1 is 1.13 bits per heavy atom. The van der Waals surface area contributed by atoms with Crippen LogP contribution in [-0.2, 0) is 9.59 Å². The summed E-state index contributed by atoms with van der Waals surface area (Å²) in [7, 11) is 0. The molecule has 30 heavy (non-hydrogen) atoms. The van der Waals surface area contributed by atoms with E-state index in [-0.39, 0.29) is 24.3 Å². The van der Waals surface area contributed by atoms with E-state index in [1.807, 2.05) is 40.1 Å². The lowest BCUT2D eigenvalue weighted by atomic mass is 9.93. The predicted octanol–water partition coefficient (Wildman–Crippen LogP) is 2.57. The van der Waals surface area contributed by atoms with Gasteiger partial charge in [0, 0.05) is 45.5 Å². The van der Waals surface area contributed by atoms with Gasteiger partial charge in [-0.25, -0.2) is 4.98 Å². The molecule has 0 N–H and O–H groups in total. The Bertz CT molecular complexity index is 1030. The van der Waals surface area contributed by atoms with Gasteiger partial charge in [0.25, 0.3) is 0 Å². The molecule has 0 spiro atoms. The number of benzene rings is 1. The van der Waals surface area contributed by atoms with Gasteiger partial charge in [0.1, 0.15) is 11.9 Å². The Balaban J connectivity index is 1.45. The number of fused-ring (bicyclic) bond motifs is 1. The van der Waals surface area contributed by atoms with Crippen molar-refractivity contribution in [2.45, 2.75) is 19.4 Å². The second-order valence-electron chi connectivity index (χ2n) is 7.45. The summed E-state index contributed by atoms with van der Waals surface area (Å²) in [6.45, 7) is 3.88. The highest BCUT2D eigenvalue weighted by Crippen LogP contribution is 2.33. The first-order valence-corrected chi connectivity index (χ1v) is 10.0. The third-order valence-corrected chi connectivity index (χ3v) is 5.68. The molecule has 2 amide bonds. The van der Waals surface area contributed by atoms with Crippen molar-refractivity contribution in [2.75, 3.05) is 31.1 Å². The van der Waals surface area contributed by atoms with Crippen molar-refractivity contribution < 1.29 is 9.59 Å². The molecule has 1 aromatic carbocycles. The molecule has 3 heterocycles. The van der Waals surface area contributed by atoms with E-state index in [0.29, 0.717) is 37.6 Å². The Kier molecular flexibility index (Phi) is 5.48. The maximum absolute atomic E-state index is 13.1. The summed E-state index contributed by atoms with van der Waals surface area (Å²) in [5, 5.41) is 9.30. The van der Waals surface area contributed by atoms with Gasteiger partial charge in [-0.3, -0.25) is 9.59 Å². The number of anilines is 1. The Morgan fingerprint density at radius 2 is 1.90 bits per heavy atom. The normalized spacial score (nSPS) is 18.0. The maximum Gasteiger partial charge on any atom is 0.225 e. The highest BCUT2D eigenvalue weighted by Gasteiger charge is 2.31. The van der Waals surface area contributed by atoms with Gasteiger partial charge in [0.2, 0.25) is 11.8 Å². The molecule has 1 atom stereocenters. The maximum atomic E-state index is 13.1. The second kappa shape index (κ2) is 8.37. The first-order valence-electron chi connectivity index (χ1n) is 10.0. The third-order valence-electron chi connectivity index (χ3n) is 5.68. The number of carbonyl (C=O) groups excluding carboxylic acids is 2. The van der Waals surface area contributed by atoms with Gasteiger partial charge in [-0.2, -0.15) is 5.26 Å². The van der Waals surface area contributed by atoms with E-state index in [1.54, 1.807) is 29.4 Å². The average molecular weight is 401 g/mol. The van der Waals surface area contributed by atoms with E-state index in [9.17, 15) is 14.9 Å². The molecule has 1 unspecified atom stereocenters. The number of hydrogen-bond acceptors (Lipinski definition) is 5. The molecule has 2 aliphatic rings. The van der Waals surface area contributed by atoms with Crippen LogP contribution in [0.25, 0.3) is 6.08 Å². The molecular formula is C23H23N5O2. The van der Waals surface area contributed by atoms with Crippen LogP contribution < -0.4 is 4.90 Å². The molecule has 152 valence electrons. The highest BCUT2D eigenvalue weighted by molar-refractivity contribution is 5.82. The number of rotatable bonds is 3. The fourth-order valence-electron chi connectivity index (χ4n) is 4.11. The lowest BCUT2D eigenvalue weighted by Gasteiger charge is -2.38. The van der Waals surface area contributed by atoms with Gasteiger partial charge in [0.05, 0.1) is 18.0 Å². The smallest absolute Gasteiger partial charge is 0.225 e. The summed E-state index contributed by atoms with van der Waals surface area (Å²) in [5.74, 6) is 0.612. The van der Waals surface area contributed by atoms with Gasteiger partial charge in [0.15, 0.2) is 0 Å². The summed E-state index contributed by atoms with van der Waals surface area (Å²) in [4.78, 5) is 35.1. The van der Waals surface area contributed by atoms with Crippen molar-refractivity contribution in [1.82, 2.24) is 14.8 Å². The summed E-state index contributed by atoms with van der Waals surface area (Å²) >= 11 is 0. The van der Waals surface area contributed by atoms with Crippen LogP contribution in [0.15, 0.2) is 48.8 Å². The number of aromatic nitrogens is 1. The fraction of sp³-hybridized carbons (Fsp3) is 0.304. The van der Waals surface area contributed by atoms with Crippen molar-refractivity contribution in [3.05, 3.63) is 65.5 Å². The van der Waals surface area contributed by atoms with E-state index in [2.05, 4.69) is 11.1 Å². The molecule has 1 saturated heterocycles. The SMILES string of the molecule is CC(=O)N1C=Cc2ccccc2C1CC(=O)N1CCN(c2ncccc2C#N)CC1. The summed E-state index contributed by atoms with van der Waals surface area (Å²) in [6, 6.07) is 13.3. The average Bonchev–Trinajstić information content (AvgIpc) is 2.79. The summed E-state index contributed by atoms with van der Waals surface area (Å²) in [5.41, 5.74) is 2.58. The number of amides is 2. The van der Waals surface area contributed by atoms with Crippen LogP contribution in [0.2, 0.25) is 0 Å². The molecule has 7 nitrogen and oxygen atoms in total. The predicted molar refractivity (Wildman–Crippen MR) is 113 cm³/mol. The molecule has 2 aromatic rings. The largest absolute Gasteiger partial charge is 0.352 e. The molecule has 0 saturated carbocycles. The first kappa shape index (κ1) is 19.6. The molecule has 0 aliphatic carbocycles. The fourth-order valence-corrected chi connectivity index (χ4v) is 4.11. The number of nitrogens with zero attached hydrogens (tertiary/aromatic N) is 5. The lowest BCUT2D eigenvalue weighted by Crippen LogP contribution is -2.50. The topological polar surface area (TPSA) is 80.5 Å². The molecule has 1 aromatic heterocycles. The van der Waals surface area contributed by atoms with Gasteiger partial charge in [-0.1, -0.05) is 24.3 Å². The van der Waals surface area contributed by atoms with Crippen molar-refractivity contribution in [1.29, 1.82) is 5.26 Å². The van der Waals surface area contributed by atoms with E-state index < -0.39 is 0 Å². The highest BCUT2D eigenvalue weighted by atomic mass is 16.2. The van der Waals surface area contributed by atoms with E-state index >= 15 is 0 Å². The number of pyridine rings is 1. The molecule has 1 fully saturated rings. The van der Waals surface area contributed by atoms with Gasteiger partial charge in [-0.15, -0.1) is 0 Å². The lowest BCUT2D eigenvalue weighted by molar-refractivity contribution is -0.134. The molecule has 0 bridgehead atoms. The number of nitriles is 1. The standard InChI is InChI=1S/C23H23N5O2/c1-17(29)28-10-8-18-5-2-3-7-20(18)21(28)15-22(30)26-11-13-27(14-12-26)23-19(16-24)6-4-9-25-23/h2-10,21H,11-15H2,1H3. The van der Waals surface area contributed by atoms with Crippen LogP contribution in [-0.4, -0.2) is 52.8 Å². The van der Waals surface area contributed by atoms with E-state index in [1.165, 1.54) is 6.92 Å². The van der Waals surface area contributed by atoms with E-state index in [4.69, 9.17) is 0 Å². The Hall–Kier alpha value is -3.66. The third kappa shape index (κ3) is 3.77. The minimum absolute atomic E-state index is 0.0255. The van der Waals surface area contributed by atoms with E-state index in [0.717, 1.165) is 11.1 Å². The Morgan fingerprint density at radius 3 is 2.63 bits per heavy atom. The van der Waals surface area contributed by atoms with Crippen LogP contribution >= 0.6 is 0 Å². The van der Waals surface area contributed by atoms with Crippen LogP contribution in [0.5, 0.6) is 0 Å². The van der Waals surface area contributed by atoms with Crippen LogP contribution in [0, 0.1) is 11.3 Å². The molecule has 7 heteroatoms. The number of piperazine rings is 1. The first-order chi connectivity index (χ1) is 14.6. The van der Waals surface area contributed by atoms with Crippen molar-refractivity contribution in [2.24, 2.45) is 0 Å². The van der Waals surface area contributed by atoms with Crippen molar-refractivity contribution >= 4 is 23.7 Å². The zero-order chi connectivity index (χ0) is 21.1. The van der Waals surface area contributed by atoms with Crippen LogP contribution in [0.1, 0.15) is 36.1 Å². The molecule has 4 rings (SSSR count). The van der Waals surface area contributed by atoms with Gasteiger partial charge < -0.3 is 14.7 Å². The molecular weight excluding hydrogens is 378 g/mol. The van der Waals surface area contributed by atoms with Crippen molar-refractivity contribution in [3.8, 4) is 6.07 Å². The Labute approximate surface area is 175 Å². The monoisotopic (exact) mass is 401 g/mol. The zero-order valence-corrected chi connectivity index (χ0v) is 16.9. The minimum atomic E-state index is -0.296. The number of carbonyl (C=O) groups is 2. The summed E-state index contributed by atoms with van der Waals surface area (Å²) < 4.78 is 0. The minimum Gasteiger partial charge on any atom is -0.352 e. The van der Waals surface area contributed by atoms with Crippen LogP contribution in [0.4, 0.5) is 5.82 Å². The van der Waals surface area contributed by atoms with Gasteiger partial charge >= 0.3 is 0 Å². The summed E-state index contributed by atoms with van der Waals surface area (Å²) in [6.07, 6.45) is 5.60. The van der Waals surface area contributed by atoms with Crippen LogP contribution in [0.3, 0.4) is 0 Å². The quantitative estimate of drug-likeness (QED) is 0.790.